The minimum Gasteiger partial charge on any atom is -0.381 e. The van der Waals surface area contributed by atoms with E-state index < -0.39 is 11.9 Å². The van der Waals surface area contributed by atoms with Crippen LogP contribution in [0.3, 0.4) is 0 Å². The normalized spacial score (nSPS) is 11.9. The third kappa shape index (κ3) is 5.11. The number of aromatic nitrogens is 8. The van der Waals surface area contributed by atoms with Gasteiger partial charge in [0, 0.05) is 36.6 Å². The van der Waals surface area contributed by atoms with Crippen LogP contribution in [0.25, 0.3) is 16.6 Å². The van der Waals surface area contributed by atoms with Crippen molar-refractivity contribution in [1.82, 2.24) is 44.4 Å². The zero-order valence-electron chi connectivity index (χ0n) is 23.0. The van der Waals surface area contributed by atoms with Gasteiger partial charge in [0.05, 0.1) is 45.0 Å². The molecule has 1 amide bonds. The van der Waals surface area contributed by atoms with Crippen molar-refractivity contribution in [2.24, 2.45) is 0 Å². The fraction of sp³-hybridized carbons (Fsp3) is 0.207. The summed E-state index contributed by atoms with van der Waals surface area (Å²) in [6, 6.07) is 6.49. The summed E-state index contributed by atoms with van der Waals surface area (Å²) in [4.78, 5) is 49.2. The van der Waals surface area contributed by atoms with E-state index in [1.165, 1.54) is 15.9 Å². The highest BCUT2D eigenvalue weighted by molar-refractivity contribution is 7.12. The third-order valence-corrected chi connectivity index (χ3v) is 7.54. The molecule has 0 spiro atoms. The first-order chi connectivity index (χ1) is 20.3. The molecule has 0 aliphatic heterocycles. The second-order valence-electron chi connectivity index (χ2n) is 9.72. The molecule has 42 heavy (non-hydrogen) atoms. The number of carbonyl (C=O) groups excluding carboxylic acids is 1. The Labute approximate surface area is 243 Å². The Morgan fingerprint density at radius 1 is 1.19 bits per heavy atom. The minimum atomic E-state index is -0.664. The van der Waals surface area contributed by atoms with E-state index in [0.29, 0.717) is 34.4 Å². The van der Waals surface area contributed by atoms with Gasteiger partial charge in [-0.25, -0.2) is 24.5 Å². The van der Waals surface area contributed by atoms with Crippen molar-refractivity contribution in [1.29, 1.82) is 0 Å². The summed E-state index contributed by atoms with van der Waals surface area (Å²) in [5, 5.41) is 8.48. The van der Waals surface area contributed by atoms with E-state index in [0.717, 1.165) is 21.3 Å². The van der Waals surface area contributed by atoms with Crippen LogP contribution in [0.4, 0.5) is 5.82 Å². The standard InChI is InChI=1S/C29H26N10O2S/c1-16-9-12-39-27(34-16)24(25(30)37-39)28(40)35-17(2)26-36-22-6-4-5-19(7-8-21-14-32-18(3)42-21)23(22)29(41)38(26)11-10-20-13-31-15-33-20/h4-6,9,12-15,17H,10-11H2,1-3H3,(H2,30,37)(H,31,33)(H,35,40). The number of H-pyrrole nitrogens is 1. The minimum absolute atomic E-state index is 0.0551. The molecule has 6 rings (SSSR count). The summed E-state index contributed by atoms with van der Waals surface area (Å²) in [7, 11) is 0. The number of hydrogen-bond acceptors (Lipinski definition) is 9. The van der Waals surface area contributed by atoms with Crippen molar-refractivity contribution in [3.05, 3.63) is 97.8 Å². The largest absolute Gasteiger partial charge is 0.381 e. The van der Waals surface area contributed by atoms with E-state index in [1.807, 2.05) is 19.9 Å². The van der Waals surface area contributed by atoms with Crippen LogP contribution in [0.15, 0.2) is 54.0 Å². The number of nitrogens with one attached hydrogen (secondary N) is 2. The Morgan fingerprint density at radius 3 is 2.81 bits per heavy atom. The molecule has 1 unspecified atom stereocenters. The number of aromatic amines is 1. The van der Waals surface area contributed by atoms with Gasteiger partial charge in [0.2, 0.25) is 0 Å². The fourth-order valence-electron chi connectivity index (χ4n) is 4.72. The Balaban J connectivity index is 1.42. The number of hydrogen-bond donors (Lipinski definition) is 3. The maximum absolute atomic E-state index is 14.1. The highest BCUT2D eigenvalue weighted by atomic mass is 32.1. The molecule has 0 fully saturated rings. The lowest BCUT2D eigenvalue weighted by Gasteiger charge is -2.20. The Bertz CT molecular complexity index is 2080. The van der Waals surface area contributed by atoms with E-state index in [2.05, 4.69) is 42.2 Å². The molecule has 0 saturated heterocycles. The maximum Gasteiger partial charge on any atom is 0.262 e. The number of anilines is 1. The smallest absolute Gasteiger partial charge is 0.262 e. The molecule has 0 aliphatic carbocycles. The molecule has 13 heteroatoms. The fourth-order valence-corrected chi connectivity index (χ4v) is 5.35. The summed E-state index contributed by atoms with van der Waals surface area (Å²) in [5.41, 5.74) is 8.91. The molecule has 5 heterocycles. The summed E-state index contributed by atoms with van der Waals surface area (Å²) in [6.45, 7) is 5.80. The molecular formula is C29H26N10O2S. The number of nitrogens with two attached hydrogens (primary N) is 1. The van der Waals surface area contributed by atoms with E-state index in [-0.39, 0.29) is 23.5 Å². The number of rotatable bonds is 6. The maximum atomic E-state index is 14.1. The summed E-state index contributed by atoms with van der Waals surface area (Å²) >= 11 is 1.49. The van der Waals surface area contributed by atoms with E-state index >= 15 is 0 Å². The van der Waals surface area contributed by atoms with Crippen LogP contribution in [0, 0.1) is 25.7 Å². The van der Waals surface area contributed by atoms with Crippen molar-refractivity contribution in [3.63, 3.8) is 0 Å². The van der Waals surface area contributed by atoms with Crippen LogP contribution in [-0.4, -0.2) is 45.0 Å². The highest BCUT2D eigenvalue weighted by Crippen LogP contribution is 2.21. The number of nitrogen functional groups attached to an aromatic ring is 1. The van der Waals surface area contributed by atoms with Gasteiger partial charge in [0.25, 0.3) is 11.5 Å². The second-order valence-corrected chi connectivity index (χ2v) is 11.0. The molecule has 0 radical (unpaired) electrons. The van der Waals surface area contributed by atoms with Crippen molar-refractivity contribution >= 4 is 39.6 Å². The third-order valence-electron chi connectivity index (χ3n) is 6.71. The lowest BCUT2D eigenvalue weighted by molar-refractivity contribution is 0.0939. The quantitative estimate of drug-likeness (QED) is 0.254. The van der Waals surface area contributed by atoms with Gasteiger partial charge < -0.3 is 16.0 Å². The number of carbonyl (C=O) groups is 1. The number of fused-ring (bicyclic) bond motifs is 2. The van der Waals surface area contributed by atoms with Crippen LogP contribution < -0.4 is 16.6 Å². The van der Waals surface area contributed by atoms with Crippen LogP contribution in [-0.2, 0) is 13.0 Å². The van der Waals surface area contributed by atoms with Crippen molar-refractivity contribution in [3.8, 4) is 11.8 Å². The molecule has 5 aromatic heterocycles. The Hall–Kier alpha value is -5.35. The molecule has 0 bridgehead atoms. The van der Waals surface area contributed by atoms with Gasteiger partial charge in [-0.05, 0) is 44.9 Å². The van der Waals surface area contributed by atoms with Crippen LogP contribution in [0.5, 0.6) is 0 Å². The number of nitrogens with zero attached hydrogens (tertiary/aromatic N) is 7. The van der Waals surface area contributed by atoms with Crippen LogP contribution in [0.2, 0.25) is 0 Å². The van der Waals surface area contributed by atoms with E-state index in [9.17, 15) is 9.59 Å². The van der Waals surface area contributed by atoms with Gasteiger partial charge in [-0.2, -0.15) is 0 Å². The zero-order chi connectivity index (χ0) is 29.4. The van der Waals surface area contributed by atoms with Gasteiger partial charge in [0.1, 0.15) is 11.4 Å². The predicted octanol–water partition coefficient (Wildman–Crippen LogP) is 2.95. The summed E-state index contributed by atoms with van der Waals surface area (Å²) in [5.74, 6) is 6.21. The summed E-state index contributed by atoms with van der Waals surface area (Å²) < 4.78 is 3.04. The van der Waals surface area contributed by atoms with Gasteiger partial charge in [0.15, 0.2) is 11.5 Å². The van der Waals surface area contributed by atoms with Crippen LogP contribution in [0.1, 0.15) is 56.0 Å². The van der Waals surface area contributed by atoms with Gasteiger partial charge >= 0.3 is 0 Å². The molecule has 4 N–H and O–H groups in total. The zero-order valence-corrected chi connectivity index (χ0v) is 23.9. The average molecular weight is 579 g/mol. The SMILES string of the molecule is Cc1ccn2nc(N)c(C(=O)NC(C)c3nc4cccc(C#Cc5cnc(C)s5)c4c(=O)n3CCc3c[nH]cn3)c2n1. The molecule has 210 valence electrons. The number of amides is 1. The van der Waals surface area contributed by atoms with Crippen molar-refractivity contribution in [2.45, 2.75) is 39.8 Å². The lowest BCUT2D eigenvalue weighted by atomic mass is 10.1. The van der Waals surface area contributed by atoms with Crippen molar-refractivity contribution < 1.29 is 4.79 Å². The first-order valence-corrected chi connectivity index (χ1v) is 14.0. The van der Waals surface area contributed by atoms with Crippen LogP contribution >= 0.6 is 11.3 Å². The number of imidazole rings is 1. The number of thiazole rings is 1. The molecule has 6 aromatic rings. The first kappa shape index (κ1) is 26.9. The number of benzene rings is 1. The second kappa shape index (κ2) is 10.9. The number of aryl methyl sites for hydroxylation is 3. The Morgan fingerprint density at radius 2 is 2.05 bits per heavy atom. The molecule has 0 aliphatic rings. The van der Waals surface area contributed by atoms with Gasteiger partial charge in [-0.3, -0.25) is 14.2 Å². The predicted molar refractivity (Wildman–Crippen MR) is 159 cm³/mol. The molecular weight excluding hydrogens is 552 g/mol. The molecule has 12 nitrogen and oxygen atoms in total. The van der Waals surface area contributed by atoms with E-state index in [4.69, 9.17) is 10.7 Å². The van der Waals surface area contributed by atoms with Gasteiger partial charge in [-0.1, -0.05) is 12.0 Å². The first-order valence-electron chi connectivity index (χ1n) is 13.2. The van der Waals surface area contributed by atoms with E-state index in [1.54, 1.807) is 54.6 Å². The summed E-state index contributed by atoms with van der Waals surface area (Å²) in [6.07, 6.45) is 7.26. The van der Waals surface area contributed by atoms with Crippen molar-refractivity contribution in [2.75, 3.05) is 5.73 Å². The van der Waals surface area contributed by atoms with Gasteiger partial charge in [-0.15, -0.1) is 16.4 Å². The molecule has 1 aromatic carbocycles. The topological polar surface area (TPSA) is 162 Å². The Kier molecular flexibility index (Phi) is 6.97. The average Bonchev–Trinajstić information content (AvgIpc) is 3.70. The lowest BCUT2D eigenvalue weighted by Crippen LogP contribution is -2.34. The molecule has 0 saturated carbocycles. The molecule has 1 atom stereocenters. The highest BCUT2D eigenvalue weighted by Gasteiger charge is 2.24. The monoisotopic (exact) mass is 578 g/mol.